The summed E-state index contributed by atoms with van der Waals surface area (Å²) < 4.78 is 42.4. The van der Waals surface area contributed by atoms with Gasteiger partial charge >= 0.3 is 6.18 Å². The summed E-state index contributed by atoms with van der Waals surface area (Å²) in [5.74, 6) is 0.955. The Morgan fingerprint density at radius 2 is 2.04 bits per heavy atom. The number of rotatable bonds is 7. The number of hydrogen-bond acceptors (Lipinski definition) is 3. The van der Waals surface area contributed by atoms with Gasteiger partial charge in [0.2, 0.25) is 0 Å². The van der Waals surface area contributed by atoms with E-state index in [9.17, 15) is 18.3 Å². The van der Waals surface area contributed by atoms with Crippen molar-refractivity contribution in [1.29, 1.82) is 0 Å². The fourth-order valence-corrected chi connectivity index (χ4v) is 3.08. The average molecular weight is 515 g/mol. The molecule has 2 unspecified atom stereocenters. The molecule has 1 aliphatic carbocycles. The van der Waals surface area contributed by atoms with E-state index < -0.39 is 12.8 Å². The van der Waals surface area contributed by atoms with Crippen LogP contribution in [0.2, 0.25) is 0 Å². The van der Waals surface area contributed by atoms with Crippen molar-refractivity contribution in [2.45, 2.75) is 51.9 Å². The molecule has 9 heteroatoms. The van der Waals surface area contributed by atoms with Gasteiger partial charge in [-0.15, -0.1) is 24.0 Å². The maximum absolute atomic E-state index is 12.5. The van der Waals surface area contributed by atoms with Crippen LogP contribution >= 0.6 is 24.0 Å². The van der Waals surface area contributed by atoms with Crippen LogP contribution in [-0.2, 0) is 6.54 Å². The first-order valence-corrected chi connectivity index (χ1v) is 9.28. The monoisotopic (exact) mass is 515 g/mol. The maximum Gasteiger partial charge on any atom is 0.422 e. The lowest BCUT2D eigenvalue weighted by Crippen LogP contribution is -2.41. The molecule has 1 aromatic carbocycles. The zero-order valence-corrected chi connectivity index (χ0v) is 18.5. The number of nitrogens with one attached hydrogen (secondary N) is 2. The van der Waals surface area contributed by atoms with E-state index in [4.69, 9.17) is 4.74 Å². The van der Waals surface area contributed by atoms with Crippen molar-refractivity contribution in [2.24, 2.45) is 10.9 Å². The minimum atomic E-state index is -4.39. The molecule has 0 aliphatic heterocycles. The SMILES string of the molecule is CCNC(=NCc1ccc(C)cc1OCC(F)(F)F)NCC1CCCC1O.I. The zero-order valence-electron chi connectivity index (χ0n) is 16.2. The number of benzene rings is 1. The molecule has 2 rings (SSSR count). The van der Waals surface area contributed by atoms with Gasteiger partial charge in [-0.1, -0.05) is 18.6 Å². The highest BCUT2D eigenvalue weighted by Crippen LogP contribution is 2.25. The van der Waals surface area contributed by atoms with Gasteiger partial charge in [0, 0.05) is 24.6 Å². The van der Waals surface area contributed by atoms with Gasteiger partial charge < -0.3 is 20.5 Å². The van der Waals surface area contributed by atoms with Crippen LogP contribution in [0.25, 0.3) is 0 Å². The average Bonchev–Trinajstić information content (AvgIpc) is 3.01. The van der Waals surface area contributed by atoms with E-state index in [0.717, 1.165) is 24.8 Å². The summed E-state index contributed by atoms with van der Waals surface area (Å²) in [7, 11) is 0. The number of guanidine groups is 1. The second kappa shape index (κ2) is 11.7. The molecular weight excluding hydrogens is 486 g/mol. The molecule has 0 bridgehead atoms. The molecule has 28 heavy (non-hydrogen) atoms. The Kier molecular flexibility index (Phi) is 10.4. The molecule has 1 aromatic rings. The van der Waals surface area contributed by atoms with Gasteiger partial charge in [0.15, 0.2) is 12.6 Å². The van der Waals surface area contributed by atoms with Crippen LogP contribution in [0.15, 0.2) is 23.2 Å². The molecule has 1 aliphatic rings. The molecule has 5 nitrogen and oxygen atoms in total. The van der Waals surface area contributed by atoms with Gasteiger partial charge in [0.1, 0.15) is 5.75 Å². The minimum absolute atomic E-state index is 0. The Balaban J connectivity index is 0.00000392. The third-order valence-corrected chi connectivity index (χ3v) is 4.52. The van der Waals surface area contributed by atoms with Crippen LogP contribution in [0, 0.1) is 12.8 Å². The lowest BCUT2D eigenvalue weighted by molar-refractivity contribution is -0.153. The normalized spacial score (nSPS) is 19.9. The van der Waals surface area contributed by atoms with E-state index in [1.807, 2.05) is 13.0 Å². The van der Waals surface area contributed by atoms with Crippen LogP contribution in [0.4, 0.5) is 13.2 Å². The Hall–Kier alpha value is -1.23. The summed E-state index contributed by atoms with van der Waals surface area (Å²) in [4.78, 5) is 4.46. The largest absolute Gasteiger partial charge is 0.484 e. The molecular formula is C19H29F3IN3O2. The van der Waals surface area contributed by atoms with E-state index in [2.05, 4.69) is 15.6 Å². The predicted octanol–water partition coefficient (Wildman–Crippen LogP) is 3.77. The maximum atomic E-state index is 12.5. The third kappa shape index (κ3) is 8.42. The van der Waals surface area contributed by atoms with Crippen molar-refractivity contribution in [2.75, 3.05) is 19.7 Å². The third-order valence-electron chi connectivity index (χ3n) is 4.52. The topological polar surface area (TPSA) is 65.9 Å². The molecule has 2 atom stereocenters. The van der Waals surface area contributed by atoms with Crippen molar-refractivity contribution < 1.29 is 23.0 Å². The Morgan fingerprint density at radius 3 is 2.64 bits per heavy atom. The fourth-order valence-electron chi connectivity index (χ4n) is 3.08. The van der Waals surface area contributed by atoms with Crippen LogP contribution in [-0.4, -0.2) is 43.0 Å². The summed E-state index contributed by atoms with van der Waals surface area (Å²) in [6.45, 7) is 3.86. The quantitative estimate of drug-likeness (QED) is 0.294. The lowest BCUT2D eigenvalue weighted by Gasteiger charge is -2.18. The number of nitrogens with zero attached hydrogens (tertiary/aromatic N) is 1. The molecule has 0 radical (unpaired) electrons. The Morgan fingerprint density at radius 1 is 1.29 bits per heavy atom. The Labute approximate surface area is 181 Å². The number of ether oxygens (including phenoxy) is 1. The smallest absolute Gasteiger partial charge is 0.422 e. The van der Waals surface area contributed by atoms with Gasteiger partial charge in [-0.2, -0.15) is 13.2 Å². The van der Waals surface area contributed by atoms with Gasteiger partial charge in [-0.05, 0) is 38.3 Å². The van der Waals surface area contributed by atoms with E-state index >= 15 is 0 Å². The van der Waals surface area contributed by atoms with Gasteiger partial charge in [0.05, 0.1) is 12.6 Å². The first-order chi connectivity index (χ1) is 12.8. The van der Waals surface area contributed by atoms with Crippen LogP contribution in [0.3, 0.4) is 0 Å². The fraction of sp³-hybridized carbons (Fsp3) is 0.632. The highest BCUT2D eigenvalue weighted by atomic mass is 127. The number of aliphatic imine (C=N–C) groups is 1. The highest BCUT2D eigenvalue weighted by Gasteiger charge is 2.29. The van der Waals surface area contributed by atoms with Crippen LogP contribution in [0.5, 0.6) is 5.75 Å². The molecule has 1 fully saturated rings. The summed E-state index contributed by atoms with van der Waals surface area (Å²) in [6, 6.07) is 5.14. The molecule has 0 saturated heterocycles. The lowest BCUT2D eigenvalue weighted by atomic mass is 10.1. The van der Waals surface area contributed by atoms with Crippen molar-refractivity contribution in [3.05, 3.63) is 29.3 Å². The number of hydrogen-bond donors (Lipinski definition) is 3. The molecule has 0 heterocycles. The van der Waals surface area contributed by atoms with E-state index in [0.29, 0.717) is 24.6 Å². The summed E-state index contributed by atoms with van der Waals surface area (Å²) in [5.41, 5.74) is 1.41. The molecule has 160 valence electrons. The number of aryl methyl sites for hydroxylation is 1. The first-order valence-electron chi connectivity index (χ1n) is 9.28. The summed E-state index contributed by atoms with van der Waals surface area (Å²) in [6.07, 6.45) is -1.86. The van der Waals surface area contributed by atoms with Crippen molar-refractivity contribution in [3.8, 4) is 5.75 Å². The van der Waals surface area contributed by atoms with Gasteiger partial charge in [0.25, 0.3) is 0 Å². The standard InChI is InChI=1S/C19H28F3N3O2.HI/c1-3-23-18(24-10-14-5-4-6-16(14)26)25-11-15-8-7-13(2)9-17(15)27-12-19(20,21)22;/h7-9,14,16,26H,3-6,10-12H2,1-2H3,(H2,23,24,25);1H. The predicted molar refractivity (Wildman–Crippen MR) is 114 cm³/mol. The highest BCUT2D eigenvalue weighted by molar-refractivity contribution is 14.0. The molecule has 0 amide bonds. The van der Waals surface area contributed by atoms with E-state index in [-0.39, 0.29) is 48.3 Å². The van der Waals surface area contributed by atoms with Crippen molar-refractivity contribution >= 4 is 29.9 Å². The first kappa shape index (κ1) is 24.8. The van der Waals surface area contributed by atoms with Crippen molar-refractivity contribution in [1.82, 2.24) is 10.6 Å². The van der Waals surface area contributed by atoms with Gasteiger partial charge in [-0.3, -0.25) is 0 Å². The summed E-state index contributed by atoms with van der Waals surface area (Å²) in [5, 5.41) is 16.2. The second-order valence-corrected chi connectivity index (χ2v) is 6.85. The number of aliphatic hydroxyl groups is 1. The second-order valence-electron chi connectivity index (χ2n) is 6.85. The summed E-state index contributed by atoms with van der Waals surface area (Å²) >= 11 is 0. The van der Waals surface area contributed by atoms with Crippen LogP contribution in [0.1, 0.15) is 37.3 Å². The number of aliphatic hydroxyl groups excluding tert-OH is 1. The minimum Gasteiger partial charge on any atom is -0.484 e. The van der Waals surface area contributed by atoms with Crippen LogP contribution < -0.4 is 15.4 Å². The van der Waals surface area contributed by atoms with E-state index in [1.165, 1.54) is 0 Å². The molecule has 3 N–H and O–H groups in total. The zero-order chi connectivity index (χ0) is 19.9. The van der Waals surface area contributed by atoms with E-state index in [1.54, 1.807) is 19.1 Å². The molecule has 0 spiro atoms. The Bertz CT molecular complexity index is 641. The van der Waals surface area contributed by atoms with Gasteiger partial charge in [-0.25, -0.2) is 4.99 Å². The molecule has 1 saturated carbocycles. The molecule has 0 aromatic heterocycles. The van der Waals surface area contributed by atoms with Crippen molar-refractivity contribution in [3.63, 3.8) is 0 Å². The number of halogens is 4. The number of alkyl halides is 3.